The van der Waals surface area contributed by atoms with Crippen molar-refractivity contribution in [1.29, 1.82) is 0 Å². The number of nitrogens with zero attached hydrogens (tertiary/aromatic N) is 1. The third-order valence-electron chi connectivity index (χ3n) is 3.93. The van der Waals surface area contributed by atoms with E-state index in [0.29, 0.717) is 15.9 Å². The van der Waals surface area contributed by atoms with Crippen molar-refractivity contribution in [3.05, 3.63) is 81.6 Å². The number of benzene rings is 2. The molecular formula is C19H17ClN2O2. The summed E-state index contributed by atoms with van der Waals surface area (Å²) in [6.07, 6.45) is 1.62. The fourth-order valence-corrected chi connectivity index (χ4v) is 2.85. The van der Waals surface area contributed by atoms with E-state index in [1.807, 2.05) is 37.3 Å². The summed E-state index contributed by atoms with van der Waals surface area (Å²) in [5.74, 6) is -0.128. The van der Waals surface area contributed by atoms with Gasteiger partial charge in [-0.1, -0.05) is 41.9 Å². The summed E-state index contributed by atoms with van der Waals surface area (Å²) in [5.41, 5.74) is 1.60. The molecule has 4 nitrogen and oxygen atoms in total. The van der Waals surface area contributed by atoms with Crippen LogP contribution in [0.25, 0.3) is 10.9 Å². The molecule has 0 unspecified atom stereocenters. The van der Waals surface area contributed by atoms with Crippen LogP contribution in [0.4, 0.5) is 0 Å². The Morgan fingerprint density at radius 2 is 1.92 bits per heavy atom. The van der Waals surface area contributed by atoms with E-state index in [4.69, 9.17) is 11.6 Å². The molecule has 0 saturated carbocycles. The van der Waals surface area contributed by atoms with E-state index in [2.05, 4.69) is 5.32 Å². The van der Waals surface area contributed by atoms with Crippen LogP contribution in [0.3, 0.4) is 0 Å². The molecule has 3 aromatic rings. The summed E-state index contributed by atoms with van der Waals surface area (Å²) in [6, 6.07) is 16.2. The quantitative estimate of drug-likeness (QED) is 0.790. The molecule has 122 valence electrons. The summed E-state index contributed by atoms with van der Waals surface area (Å²) in [6.45, 7) is 2.06. The van der Waals surface area contributed by atoms with E-state index in [0.717, 1.165) is 5.56 Å². The minimum Gasteiger partial charge on any atom is -0.348 e. The van der Waals surface area contributed by atoms with Crippen molar-refractivity contribution in [2.45, 2.75) is 19.5 Å². The van der Waals surface area contributed by atoms with Crippen LogP contribution >= 0.6 is 11.6 Å². The molecule has 0 aliphatic heterocycles. The first-order valence-corrected chi connectivity index (χ1v) is 8.05. The number of amides is 1. The molecule has 1 aromatic heterocycles. The number of fused-ring (bicyclic) bond motifs is 1. The molecule has 0 radical (unpaired) electrons. The van der Waals surface area contributed by atoms with Crippen molar-refractivity contribution in [3.8, 4) is 0 Å². The Labute approximate surface area is 144 Å². The molecule has 0 bridgehead atoms. The predicted octanol–water partition coefficient (Wildman–Crippen LogP) is 3.53. The highest BCUT2D eigenvalue weighted by molar-refractivity contribution is 6.31. The molecule has 5 heteroatoms. The molecule has 2 aromatic carbocycles. The monoisotopic (exact) mass is 340 g/mol. The second kappa shape index (κ2) is 6.89. The number of carbonyl (C=O) groups excluding carboxylic acids is 1. The van der Waals surface area contributed by atoms with Gasteiger partial charge in [0.1, 0.15) is 6.54 Å². The van der Waals surface area contributed by atoms with Gasteiger partial charge in [-0.15, -0.1) is 0 Å². The van der Waals surface area contributed by atoms with Gasteiger partial charge in [-0.3, -0.25) is 9.59 Å². The van der Waals surface area contributed by atoms with Crippen LogP contribution in [-0.2, 0) is 11.3 Å². The smallest absolute Gasteiger partial charge is 0.240 e. The van der Waals surface area contributed by atoms with E-state index in [1.54, 1.807) is 29.0 Å². The van der Waals surface area contributed by atoms with Crippen molar-refractivity contribution >= 4 is 28.4 Å². The van der Waals surface area contributed by atoms with Gasteiger partial charge in [0.15, 0.2) is 5.43 Å². The Morgan fingerprint density at radius 1 is 1.17 bits per heavy atom. The zero-order chi connectivity index (χ0) is 17.1. The van der Waals surface area contributed by atoms with E-state index in [1.165, 1.54) is 6.07 Å². The minimum atomic E-state index is -0.128. The maximum absolute atomic E-state index is 12.4. The number of rotatable bonds is 4. The standard InChI is InChI=1S/C19H17ClN2O2/c1-13(14-5-3-2-4-6-14)21-19(24)12-22-10-9-18(23)16-8-7-15(20)11-17(16)22/h2-11,13H,12H2,1H3,(H,21,24)/t13-/m1/s1. The third kappa shape index (κ3) is 3.49. The van der Waals surface area contributed by atoms with Crippen LogP contribution in [0, 0.1) is 0 Å². The SMILES string of the molecule is C[C@@H](NC(=O)Cn1ccc(=O)c2ccc(Cl)cc21)c1ccccc1. The zero-order valence-electron chi connectivity index (χ0n) is 13.2. The topological polar surface area (TPSA) is 51.1 Å². The molecule has 1 atom stereocenters. The lowest BCUT2D eigenvalue weighted by Gasteiger charge is -2.16. The van der Waals surface area contributed by atoms with E-state index < -0.39 is 0 Å². The van der Waals surface area contributed by atoms with Gasteiger partial charge in [-0.05, 0) is 30.7 Å². The first-order valence-electron chi connectivity index (χ1n) is 7.67. The Morgan fingerprint density at radius 3 is 2.67 bits per heavy atom. The predicted molar refractivity (Wildman–Crippen MR) is 96.2 cm³/mol. The molecule has 0 fully saturated rings. The zero-order valence-corrected chi connectivity index (χ0v) is 14.0. The summed E-state index contributed by atoms with van der Waals surface area (Å²) in [5, 5.41) is 4.04. The molecule has 1 heterocycles. The van der Waals surface area contributed by atoms with Crippen molar-refractivity contribution in [1.82, 2.24) is 9.88 Å². The highest BCUT2D eigenvalue weighted by Gasteiger charge is 2.11. The van der Waals surface area contributed by atoms with E-state index >= 15 is 0 Å². The number of hydrogen-bond donors (Lipinski definition) is 1. The summed E-state index contributed by atoms with van der Waals surface area (Å²) >= 11 is 6.03. The number of hydrogen-bond acceptors (Lipinski definition) is 2. The normalized spacial score (nSPS) is 12.1. The molecule has 0 saturated heterocycles. The molecule has 3 rings (SSSR count). The van der Waals surface area contributed by atoms with Gasteiger partial charge >= 0.3 is 0 Å². The number of nitrogens with one attached hydrogen (secondary N) is 1. The Balaban J connectivity index is 1.82. The van der Waals surface area contributed by atoms with Crippen molar-refractivity contribution in [3.63, 3.8) is 0 Å². The summed E-state index contributed by atoms with van der Waals surface area (Å²) < 4.78 is 1.73. The van der Waals surface area contributed by atoms with Crippen LogP contribution < -0.4 is 10.7 Å². The summed E-state index contributed by atoms with van der Waals surface area (Å²) in [7, 11) is 0. The lowest BCUT2D eigenvalue weighted by atomic mass is 10.1. The largest absolute Gasteiger partial charge is 0.348 e. The second-order valence-electron chi connectivity index (χ2n) is 5.67. The van der Waals surface area contributed by atoms with Crippen LogP contribution in [0.5, 0.6) is 0 Å². The number of aromatic nitrogens is 1. The van der Waals surface area contributed by atoms with Crippen LogP contribution in [0.2, 0.25) is 5.02 Å². The Bertz CT molecular complexity index is 935. The lowest BCUT2D eigenvalue weighted by Crippen LogP contribution is -2.30. The highest BCUT2D eigenvalue weighted by atomic mass is 35.5. The van der Waals surface area contributed by atoms with Gasteiger partial charge in [0.2, 0.25) is 5.91 Å². The van der Waals surface area contributed by atoms with Crippen LogP contribution in [-0.4, -0.2) is 10.5 Å². The molecule has 1 amide bonds. The van der Waals surface area contributed by atoms with Gasteiger partial charge in [-0.25, -0.2) is 0 Å². The first kappa shape index (κ1) is 16.3. The molecule has 0 aliphatic rings. The average molecular weight is 341 g/mol. The average Bonchev–Trinajstić information content (AvgIpc) is 2.58. The fourth-order valence-electron chi connectivity index (χ4n) is 2.68. The number of halogens is 1. The molecule has 1 N–H and O–H groups in total. The molecular weight excluding hydrogens is 324 g/mol. The van der Waals surface area contributed by atoms with Crippen molar-refractivity contribution < 1.29 is 4.79 Å². The molecule has 0 spiro atoms. The van der Waals surface area contributed by atoms with Crippen molar-refractivity contribution in [2.24, 2.45) is 0 Å². The molecule has 24 heavy (non-hydrogen) atoms. The maximum atomic E-state index is 12.4. The van der Waals surface area contributed by atoms with Gasteiger partial charge in [0.05, 0.1) is 11.6 Å². The van der Waals surface area contributed by atoms with Crippen LogP contribution in [0.1, 0.15) is 18.5 Å². The molecule has 0 aliphatic carbocycles. The third-order valence-corrected chi connectivity index (χ3v) is 4.17. The highest BCUT2D eigenvalue weighted by Crippen LogP contribution is 2.17. The van der Waals surface area contributed by atoms with Gasteiger partial charge < -0.3 is 9.88 Å². The Kier molecular flexibility index (Phi) is 4.67. The first-order chi connectivity index (χ1) is 11.5. The van der Waals surface area contributed by atoms with Gasteiger partial charge in [-0.2, -0.15) is 0 Å². The second-order valence-corrected chi connectivity index (χ2v) is 6.11. The lowest BCUT2D eigenvalue weighted by molar-refractivity contribution is -0.122. The van der Waals surface area contributed by atoms with Crippen LogP contribution in [0.15, 0.2) is 65.6 Å². The van der Waals surface area contributed by atoms with Gasteiger partial charge in [0, 0.05) is 22.7 Å². The van der Waals surface area contributed by atoms with E-state index in [9.17, 15) is 9.59 Å². The Hall–Kier alpha value is -2.59. The maximum Gasteiger partial charge on any atom is 0.240 e. The van der Waals surface area contributed by atoms with Gasteiger partial charge in [0.25, 0.3) is 0 Å². The fraction of sp³-hybridized carbons (Fsp3) is 0.158. The number of pyridine rings is 1. The minimum absolute atomic E-state index is 0.0871. The number of carbonyl (C=O) groups is 1. The summed E-state index contributed by atoms with van der Waals surface area (Å²) in [4.78, 5) is 24.3. The van der Waals surface area contributed by atoms with Crippen molar-refractivity contribution in [2.75, 3.05) is 0 Å². The van der Waals surface area contributed by atoms with E-state index in [-0.39, 0.29) is 23.9 Å².